The van der Waals surface area contributed by atoms with Crippen LogP contribution in [-0.2, 0) is 43.2 Å². The molecule has 0 bridgehead atoms. The molecule has 6 aromatic rings. The Bertz CT molecular complexity index is 8680. The lowest BCUT2D eigenvalue weighted by Gasteiger charge is -2.44. The smallest absolute Gasteiger partial charge is 0.199 e. The number of aryl methyl sites for hydroxylation is 2. The van der Waals surface area contributed by atoms with Crippen LogP contribution in [-0.4, -0.2) is 120 Å². The molecule has 0 N–H and O–H groups in total. The first kappa shape index (κ1) is 89.3. The van der Waals surface area contributed by atoms with Crippen molar-refractivity contribution < 1.29 is 104 Å². The summed E-state index contributed by atoms with van der Waals surface area (Å²) in [5, 5.41) is 3.02. The fourth-order valence-corrected chi connectivity index (χ4v) is 31.1. The molecule has 0 saturated heterocycles. The van der Waals surface area contributed by atoms with Crippen LogP contribution in [0.25, 0.3) is 53.2 Å². The van der Waals surface area contributed by atoms with E-state index in [1.54, 1.807) is 24.3 Å². The van der Waals surface area contributed by atoms with Gasteiger partial charge in [0.15, 0.2) is 0 Å². The Morgan fingerprint density at radius 3 is 1.20 bits per heavy atom. The van der Waals surface area contributed by atoms with E-state index in [0.717, 1.165) is 156 Å². The molecule has 4 aliphatic carbocycles. The highest BCUT2D eigenvalue weighted by Crippen LogP contribution is 2.64. The summed E-state index contributed by atoms with van der Waals surface area (Å²) in [6.45, 7) is 36.8. The number of alkyl halides is 15. The average Bonchev–Trinajstić information content (AvgIpc) is 1.45. The molecule has 4 fully saturated rings. The molecule has 18 aliphatic heterocycles. The van der Waals surface area contributed by atoms with Gasteiger partial charge in [-0.1, -0.05) is 178 Å². The maximum atomic E-state index is 15.3. The van der Waals surface area contributed by atoms with Crippen LogP contribution in [0.3, 0.4) is 0 Å². The van der Waals surface area contributed by atoms with Crippen LogP contribution >= 0.6 is 0 Å². The van der Waals surface area contributed by atoms with Crippen LogP contribution in [0.5, 0.6) is 0 Å². The second-order valence-corrected chi connectivity index (χ2v) is 50.3. The predicted octanol–water partition coefficient (Wildman–Crippen LogP) is 23.9. The average molecular weight is 2070 g/mol. The van der Waals surface area contributed by atoms with Gasteiger partial charge >= 0.3 is 48.6 Å². The summed E-state index contributed by atoms with van der Waals surface area (Å²) >= 11 is 0. The SMILES string of the molecule is CC1CCC(C)C1C1=C2C=CC3=[N+]2C24n5c(ccc5C(C5C(C)CCC5C(F)(F)F)=c5ccc(n52)=C3C2C(C)CCC2C(F)(F)F)C(C2C(C)CCC2C(F)(F)F)=C2C=CC1=[N+]24.[2H]C([2H])(CC)c1cc2n3c1C=C1C=C(CCC)C4=[N+]1C31n3c(cc(C([2H])([2H])CC(F)(F)F)c3=C2)=CC2=[N+]1C(=C4)C=C2CCC.[2H]C([2H])(c1cc2n3c1C=C1C=C(CC(C)(C)C)C4=[N+]1C31n3c(cc(C([2H])([2H])C(C)(C)C(F)(F)F)c3=C2)=CC2=[N+]1C(=C4)C=C2CC(C)(C)C)C(C)(C)C. The minimum atomic E-state index is -4.83. The molecule has 3 spiro atoms. The van der Waals surface area contributed by atoms with E-state index in [1.807, 2.05) is 146 Å². The quantitative estimate of drug-likeness (QED) is 0.0645. The van der Waals surface area contributed by atoms with Crippen LogP contribution in [0, 0.1) is 92.7 Å². The lowest BCUT2D eigenvalue weighted by molar-refractivity contribution is -0.837. The van der Waals surface area contributed by atoms with E-state index in [-0.39, 0.29) is 83.1 Å². The Morgan fingerprint density at radius 2 is 0.733 bits per heavy atom. The largest absolute Gasteiger partial charge is 0.553 e. The number of nitrogens with zero attached hydrogens (tertiary/aromatic N) is 12. The standard InChI is InChI=1S/C49H51F9N4.C41H49F3N4.C33H33F3N4/c1-22-6-7-23(2)38(22)42-30-14-16-32-43(39-24(3)8-11-27(39)46(50,51)52)34-18-20-36-45(41-26(5)10-13-29(41)48(56,57)58)37-21-19-35-44(40-25(4)9-12-28(40)47(53,54)55)33-17-15-31(42)60(33)49(59(30)32,61(34)36)62(35)37;1-36(2,3)20-24-12-28-17-33-26(22-38(7,8)9)14-30-19-35-27(23-39(10,11)40(42,43)44)15-31-18-34-25(21-37(4,5)6)13-29-16-32(24)45(28)41(46(29)34,47(30)33)48(31)35;1-4-7-20-12-24-17-29-22(9-6-3)14-26-19-31-23(10-11-32(34,35)36)15-27-18-30-21(8-5-2)13-25-16-28(20)37(24)33(38(25)30,39(26)29)40(27)31/h14-29,38-41H,6-13H2,1-5H3;12-19H,20-23H2,1-11H3;12-19H,4-11H2,1-3H3/q3*+2/i;22D2,23D2;9D2,10D2. The van der Waals surface area contributed by atoms with Crippen molar-refractivity contribution in [3.05, 3.63) is 260 Å². The van der Waals surface area contributed by atoms with Gasteiger partial charge in [0.1, 0.15) is 0 Å². The van der Waals surface area contributed by atoms with E-state index in [4.69, 9.17) is 5.48 Å². The Kier molecular flexibility index (Phi) is 18.9. The molecule has 0 amide bonds. The molecule has 14 unspecified atom stereocenters. The van der Waals surface area contributed by atoms with E-state index in [1.165, 1.54) is 0 Å². The summed E-state index contributed by atoms with van der Waals surface area (Å²) in [5.41, 5.74) is 18.6. The summed E-state index contributed by atoms with van der Waals surface area (Å²) in [6, 6.07) is 14.2. The predicted molar refractivity (Wildman–Crippen MR) is 553 cm³/mol. The van der Waals surface area contributed by atoms with Gasteiger partial charge < -0.3 is 0 Å². The number of halogens is 15. The summed E-state index contributed by atoms with van der Waals surface area (Å²) in [4.78, 5) is 0. The molecule has 0 radical (unpaired) electrons. The Hall–Kier alpha value is -11.3. The first-order valence-electron chi connectivity index (χ1n) is 58.2. The van der Waals surface area contributed by atoms with E-state index in [9.17, 15) is 31.8 Å². The molecule has 27 heteroatoms. The van der Waals surface area contributed by atoms with Gasteiger partial charge in [0.2, 0.25) is 68.5 Å². The van der Waals surface area contributed by atoms with E-state index in [0.29, 0.717) is 119 Å². The van der Waals surface area contributed by atoms with Crippen molar-refractivity contribution in [1.82, 2.24) is 27.4 Å². The van der Waals surface area contributed by atoms with Gasteiger partial charge in [0, 0.05) is 142 Å². The minimum absolute atomic E-state index is 0.0120. The number of allylic oxidation sites excluding steroid dienone is 16. The summed E-state index contributed by atoms with van der Waals surface area (Å²) in [5.74, 6) is -12.2. The van der Waals surface area contributed by atoms with Crippen molar-refractivity contribution in [3.8, 4) is 0 Å². The van der Waals surface area contributed by atoms with Crippen molar-refractivity contribution in [2.45, 2.75) is 308 Å². The fourth-order valence-electron chi connectivity index (χ4n) is 31.1. The molecule has 24 heterocycles. The fraction of sp³-hybridized carbons (Fsp3) is 0.512. The Morgan fingerprint density at radius 1 is 0.340 bits per heavy atom. The van der Waals surface area contributed by atoms with Crippen LogP contribution in [0.4, 0.5) is 65.9 Å². The lowest BCUT2D eigenvalue weighted by atomic mass is 9.78. The maximum absolute atomic E-state index is 15.3. The second-order valence-electron chi connectivity index (χ2n) is 50.3. The molecule has 784 valence electrons. The number of hydrogen-bond donors (Lipinski definition) is 0. The van der Waals surface area contributed by atoms with Gasteiger partial charge in [0.05, 0.1) is 118 Å². The summed E-state index contributed by atoms with van der Waals surface area (Å²) in [6.07, 6.45) is 7.39. The van der Waals surface area contributed by atoms with Crippen LogP contribution in [0.1, 0.15) is 302 Å². The van der Waals surface area contributed by atoms with E-state index < -0.39 is 127 Å². The van der Waals surface area contributed by atoms with Crippen LogP contribution in [0.15, 0.2) is 171 Å². The van der Waals surface area contributed by atoms with Gasteiger partial charge in [0.25, 0.3) is 0 Å². The van der Waals surface area contributed by atoms with Crippen molar-refractivity contribution in [2.75, 3.05) is 0 Å². The third kappa shape index (κ3) is 13.3. The number of hydrogen-bond acceptors (Lipinski definition) is 0. The molecule has 12 nitrogen and oxygen atoms in total. The summed E-state index contributed by atoms with van der Waals surface area (Å²) < 4.78 is 322. The third-order valence-electron chi connectivity index (χ3n) is 36.3. The van der Waals surface area contributed by atoms with Crippen molar-refractivity contribution >= 4 is 87.4 Å². The minimum Gasteiger partial charge on any atom is -0.199 e. The molecular weight excluding hydrogens is 1930 g/mol. The normalized spacial score (nSPS) is 30.5. The molecule has 0 aromatic carbocycles. The highest BCUT2D eigenvalue weighted by atomic mass is 19.4. The lowest BCUT2D eigenvalue weighted by Crippen LogP contribution is -2.72. The van der Waals surface area contributed by atoms with Gasteiger partial charge in [-0.05, 0) is 231 Å². The highest BCUT2D eigenvalue weighted by molar-refractivity contribution is 6.25. The molecule has 22 aliphatic rings. The van der Waals surface area contributed by atoms with Gasteiger partial charge in [-0.3, -0.25) is 0 Å². The summed E-state index contributed by atoms with van der Waals surface area (Å²) in [7, 11) is 0. The monoisotopic (exact) mass is 2070 g/mol. The van der Waals surface area contributed by atoms with Gasteiger partial charge in [-0.2, -0.15) is 93.3 Å². The van der Waals surface area contributed by atoms with Gasteiger partial charge in [-0.25, -0.2) is 0 Å². The number of aromatic nitrogens is 6. The van der Waals surface area contributed by atoms with Crippen molar-refractivity contribution in [1.29, 1.82) is 0 Å². The Labute approximate surface area is 875 Å². The van der Waals surface area contributed by atoms with Gasteiger partial charge in [-0.15, -0.1) is 0 Å². The first-order valence-corrected chi connectivity index (χ1v) is 54.2. The second kappa shape index (κ2) is 31.8. The number of rotatable bonds is 17. The molecule has 150 heavy (non-hydrogen) atoms. The van der Waals surface area contributed by atoms with Crippen molar-refractivity contribution in [3.63, 3.8) is 0 Å². The first-order chi connectivity index (χ1) is 73.6. The zero-order chi connectivity index (χ0) is 113. The van der Waals surface area contributed by atoms with E-state index >= 15 is 39.5 Å². The third-order valence-corrected chi connectivity index (χ3v) is 36.3. The molecule has 14 atom stereocenters. The topological polar surface area (TPSA) is 47.6 Å². The van der Waals surface area contributed by atoms with Crippen LogP contribution in [0.2, 0.25) is 0 Å². The van der Waals surface area contributed by atoms with Crippen molar-refractivity contribution in [2.24, 2.45) is 92.7 Å². The molecular formula is C123H133F15N12+6. The zero-order valence-electron chi connectivity index (χ0n) is 96.1. The van der Waals surface area contributed by atoms with Crippen LogP contribution < -0.4 is 32.1 Å². The maximum Gasteiger partial charge on any atom is 0.553 e. The van der Waals surface area contributed by atoms with E-state index in [2.05, 4.69) is 148 Å². The zero-order valence-corrected chi connectivity index (χ0v) is 88.1. The molecule has 28 rings (SSSR count). The highest BCUT2D eigenvalue weighted by Gasteiger charge is 2.79. The Balaban J connectivity index is 0.000000120. The molecule has 6 aromatic heterocycles. The molecule has 4 saturated carbocycles.